The molecule has 1 unspecified atom stereocenters. The van der Waals surface area contributed by atoms with Crippen molar-refractivity contribution in [3.63, 3.8) is 0 Å². The molecule has 4 rings (SSSR count). The van der Waals surface area contributed by atoms with Gasteiger partial charge in [-0.2, -0.15) is 0 Å². The van der Waals surface area contributed by atoms with Crippen LogP contribution in [0, 0.1) is 31.6 Å². The number of likely N-dealkylation sites (N-methyl/N-ethyl adjacent to an activating group) is 1. The minimum atomic E-state index is -4.15. The first-order chi connectivity index (χ1) is 21.3. The van der Waals surface area contributed by atoms with Gasteiger partial charge in [-0.25, -0.2) is 13.1 Å². The lowest BCUT2D eigenvalue weighted by atomic mass is 9.59. The number of ketones is 2. The number of amides is 1. The summed E-state index contributed by atoms with van der Waals surface area (Å²) in [5.41, 5.74) is 3.22. The van der Waals surface area contributed by atoms with Crippen molar-refractivity contribution >= 4 is 38.9 Å². The fraction of sp³-hybridized carbons (Fsp3) is 0.533. The number of aromatic nitrogens is 1. The zero-order valence-electron chi connectivity index (χ0n) is 26.8. The summed E-state index contributed by atoms with van der Waals surface area (Å²) in [4.78, 5) is 43.0. The third-order valence-electron chi connectivity index (χ3n) is 9.16. The van der Waals surface area contributed by atoms with Gasteiger partial charge < -0.3 is 40.5 Å². The third-order valence-corrected chi connectivity index (χ3v) is 10.8. The Morgan fingerprint density at radius 2 is 1.85 bits per heavy atom. The van der Waals surface area contributed by atoms with Crippen molar-refractivity contribution in [3.8, 4) is 5.75 Å². The minimum absolute atomic E-state index is 0.0473. The predicted molar refractivity (Wildman–Crippen MR) is 165 cm³/mol. The number of aliphatic hydroxyl groups excluding tert-OH is 2. The Kier molecular flexibility index (Phi) is 9.45. The van der Waals surface area contributed by atoms with Gasteiger partial charge in [-0.05, 0) is 65.3 Å². The standard InChI is InChI=1S/C30H41N5O10S/c1-13(29(31)41)27(39)30(42)19(21(12-36)35(6)7)9-16-8-18-20(34(4)5)10-17(24(37)23(18)25(38)22(16)28(30)40)11-32-46(43,44)26-14(2)33-45-15(26)3/h10,13,16,19,21,32,36-38,42H,8-9,11-12H2,1-7H3,(H2,31,41)/t13?,16-,19-,21+,30+/m0/s1. The Bertz CT molecular complexity index is 1710. The Morgan fingerprint density at radius 1 is 1.22 bits per heavy atom. The van der Waals surface area contributed by atoms with Crippen LogP contribution in [0.25, 0.3) is 5.76 Å². The average molecular weight is 664 g/mol. The smallest absolute Gasteiger partial charge is 0.246 e. The number of aryl methyl sites for hydroxylation is 2. The number of fused-ring (bicyclic) bond motifs is 2. The minimum Gasteiger partial charge on any atom is -0.507 e. The molecule has 1 saturated carbocycles. The highest BCUT2D eigenvalue weighted by Gasteiger charge is 2.61. The molecule has 5 atom stereocenters. The molecule has 1 fully saturated rings. The van der Waals surface area contributed by atoms with Gasteiger partial charge in [-0.1, -0.05) is 5.16 Å². The van der Waals surface area contributed by atoms with Crippen LogP contribution in [-0.4, -0.2) is 103 Å². The summed E-state index contributed by atoms with van der Waals surface area (Å²) in [6.07, 6.45) is 0.0403. The van der Waals surface area contributed by atoms with Gasteiger partial charge >= 0.3 is 0 Å². The molecule has 2 aliphatic carbocycles. The summed E-state index contributed by atoms with van der Waals surface area (Å²) in [6, 6.07) is 0.674. The zero-order valence-corrected chi connectivity index (χ0v) is 27.6. The molecule has 0 spiro atoms. The number of hydrogen-bond donors (Lipinski definition) is 6. The molecule has 0 radical (unpaired) electrons. The topological polar surface area (TPSA) is 237 Å². The lowest BCUT2D eigenvalue weighted by molar-refractivity contribution is -0.166. The predicted octanol–water partition coefficient (Wildman–Crippen LogP) is -0.0840. The van der Waals surface area contributed by atoms with E-state index in [1.165, 1.54) is 13.8 Å². The molecule has 7 N–H and O–H groups in total. The second kappa shape index (κ2) is 12.4. The monoisotopic (exact) mass is 663 g/mol. The first kappa shape index (κ1) is 35.0. The molecule has 1 aromatic heterocycles. The van der Waals surface area contributed by atoms with Gasteiger partial charge in [0.15, 0.2) is 17.1 Å². The SMILES string of the molecule is Cc1noc(C)c1S(=O)(=O)NCc1cc(N(C)C)c2c(c1O)C(O)=C1C(=O)[C@](O)(C(=O)C(C)C(N)=O)[C@H]([C@@H](CO)N(C)C)C[C@@H]1C2. The summed E-state index contributed by atoms with van der Waals surface area (Å²) in [7, 11) is 2.50. The molecule has 15 nitrogen and oxygen atoms in total. The zero-order chi connectivity index (χ0) is 34.6. The van der Waals surface area contributed by atoms with Gasteiger partial charge in [-0.15, -0.1) is 0 Å². The first-order valence-electron chi connectivity index (χ1n) is 14.6. The van der Waals surface area contributed by atoms with Crippen LogP contribution in [0.1, 0.15) is 41.5 Å². The van der Waals surface area contributed by atoms with E-state index < -0.39 is 81.6 Å². The van der Waals surface area contributed by atoms with Crippen molar-refractivity contribution in [2.45, 2.75) is 56.7 Å². The number of carbonyl (C=O) groups is 3. The molecule has 0 aliphatic heterocycles. The second-order valence-electron chi connectivity index (χ2n) is 12.4. The van der Waals surface area contributed by atoms with Crippen LogP contribution in [0.4, 0.5) is 5.69 Å². The van der Waals surface area contributed by atoms with Crippen LogP contribution in [0.3, 0.4) is 0 Å². The summed E-state index contributed by atoms with van der Waals surface area (Å²) in [6.45, 7) is 3.12. The number of rotatable bonds is 11. The number of phenols is 1. The van der Waals surface area contributed by atoms with E-state index >= 15 is 0 Å². The molecule has 252 valence electrons. The summed E-state index contributed by atoms with van der Waals surface area (Å²) >= 11 is 0. The fourth-order valence-corrected chi connectivity index (χ4v) is 8.04. The Balaban J connectivity index is 1.89. The maximum Gasteiger partial charge on any atom is 0.246 e. The lowest BCUT2D eigenvalue weighted by Gasteiger charge is -2.48. The maximum absolute atomic E-state index is 14.3. The molecule has 2 aromatic rings. The third kappa shape index (κ3) is 5.57. The van der Waals surface area contributed by atoms with Crippen molar-refractivity contribution in [1.29, 1.82) is 0 Å². The molecule has 1 amide bonds. The van der Waals surface area contributed by atoms with Crippen molar-refractivity contribution < 1.29 is 47.8 Å². The van der Waals surface area contributed by atoms with E-state index in [9.17, 15) is 43.2 Å². The number of phenolic OH excluding ortho intramolecular Hbond substituents is 1. The molecular formula is C30H41N5O10S. The van der Waals surface area contributed by atoms with Crippen LogP contribution < -0.4 is 15.4 Å². The molecule has 16 heteroatoms. The van der Waals surface area contributed by atoms with Crippen molar-refractivity contribution in [2.24, 2.45) is 23.5 Å². The molecule has 1 aromatic carbocycles. The first-order valence-corrected chi connectivity index (χ1v) is 16.1. The Labute approximate surface area is 266 Å². The average Bonchev–Trinajstić information content (AvgIpc) is 3.32. The van der Waals surface area contributed by atoms with Gasteiger partial charge in [-0.3, -0.25) is 14.4 Å². The van der Waals surface area contributed by atoms with E-state index in [0.717, 1.165) is 6.92 Å². The number of carbonyl (C=O) groups excluding carboxylic acids is 3. The van der Waals surface area contributed by atoms with Crippen LogP contribution in [0.2, 0.25) is 0 Å². The van der Waals surface area contributed by atoms with E-state index in [-0.39, 0.29) is 45.9 Å². The van der Waals surface area contributed by atoms with Crippen molar-refractivity contribution in [3.05, 3.63) is 39.8 Å². The quantitative estimate of drug-likeness (QED) is 0.173. The van der Waals surface area contributed by atoms with E-state index in [1.807, 2.05) is 0 Å². The molecule has 46 heavy (non-hydrogen) atoms. The maximum atomic E-state index is 14.3. The molecular weight excluding hydrogens is 622 g/mol. The number of Topliss-reactive ketones (excluding diaryl/α,β-unsaturated/α-hetero) is 2. The number of nitrogens with zero attached hydrogens (tertiary/aromatic N) is 3. The molecule has 0 bridgehead atoms. The van der Waals surface area contributed by atoms with E-state index in [4.69, 9.17) is 10.3 Å². The Morgan fingerprint density at radius 3 is 2.35 bits per heavy atom. The summed E-state index contributed by atoms with van der Waals surface area (Å²) in [5, 5.41) is 49.0. The number of aliphatic hydroxyl groups is 3. The summed E-state index contributed by atoms with van der Waals surface area (Å²) in [5.74, 6) is -8.03. The van der Waals surface area contributed by atoms with Crippen LogP contribution in [-0.2, 0) is 37.4 Å². The van der Waals surface area contributed by atoms with E-state index in [0.29, 0.717) is 11.3 Å². The van der Waals surface area contributed by atoms with Crippen LogP contribution in [0.15, 0.2) is 21.1 Å². The van der Waals surface area contributed by atoms with Gasteiger partial charge in [0.2, 0.25) is 21.7 Å². The van der Waals surface area contributed by atoms with Crippen LogP contribution >= 0.6 is 0 Å². The van der Waals surface area contributed by atoms with E-state index in [2.05, 4.69) is 9.88 Å². The van der Waals surface area contributed by atoms with Crippen molar-refractivity contribution in [1.82, 2.24) is 14.8 Å². The van der Waals surface area contributed by atoms with Gasteiger partial charge in [0.25, 0.3) is 0 Å². The highest BCUT2D eigenvalue weighted by atomic mass is 32.2. The summed E-state index contributed by atoms with van der Waals surface area (Å²) < 4.78 is 33.6. The molecule has 2 aliphatic rings. The normalized spacial score (nSPS) is 22.8. The second-order valence-corrected chi connectivity index (χ2v) is 14.1. The number of benzene rings is 1. The lowest BCUT2D eigenvalue weighted by Crippen LogP contribution is -2.65. The number of primary amides is 1. The largest absolute Gasteiger partial charge is 0.507 e. The van der Waals surface area contributed by atoms with E-state index in [1.54, 1.807) is 44.1 Å². The van der Waals surface area contributed by atoms with Gasteiger partial charge in [0, 0.05) is 49.4 Å². The van der Waals surface area contributed by atoms with Crippen molar-refractivity contribution in [2.75, 3.05) is 39.7 Å². The number of aromatic hydroxyl groups is 1. The Hall–Kier alpha value is -3.83. The molecule has 1 heterocycles. The van der Waals surface area contributed by atoms with Gasteiger partial charge in [0.1, 0.15) is 22.1 Å². The fourth-order valence-electron chi connectivity index (χ4n) is 6.71. The van der Waals surface area contributed by atoms with Crippen LogP contribution in [0.5, 0.6) is 5.75 Å². The number of hydrogen-bond acceptors (Lipinski definition) is 13. The van der Waals surface area contributed by atoms with Gasteiger partial charge in [0.05, 0.1) is 18.1 Å². The highest BCUT2D eigenvalue weighted by molar-refractivity contribution is 7.89. The molecule has 0 saturated heterocycles. The number of nitrogens with two attached hydrogens (primary N) is 1. The number of anilines is 1. The highest BCUT2D eigenvalue weighted by Crippen LogP contribution is 2.51. The number of nitrogens with one attached hydrogen (secondary N) is 1. The number of sulfonamides is 1.